The van der Waals surface area contributed by atoms with Crippen LogP contribution in [-0.4, -0.2) is 36.5 Å². The number of hydrogen-bond donors (Lipinski definition) is 2. The van der Waals surface area contributed by atoms with Gasteiger partial charge in [0, 0.05) is 17.4 Å². The highest BCUT2D eigenvalue weighted by atomic mass is 19.1. The van der Waals surface area contributed by atoms with Crippen LogP contribution < -0.4 is 11.1 Å². The van der Waals surface area contributed by atoms with Gasteiger partial charge in [-0.25, -0.2) is 8.78 Å². The summed E-state index contributed by atoms with van der Waals surface area (Å²) in [4.78, 5) is 20.2. The van der Waals surface area contributed by atoms with Crippen LogP contribution in [0.2, 0.25) is 0 Å². The number of nitrogens with zero attached hydrogens (tertiary/aromatic N) is 2. The summed E-state index contributed by atoms with van der Waals surface area (Å²) in [5.41, 5.74) is 6.83. The molecule has 0 aliphatic carbocycles. The van der Waals surface area contributed by atoms with Crippen LogP contribution in [0.5, 0.6) is 0 Å². The molecule has 2 aromatic rings. The lowest BCUT2D eigenvalue weighted by molar-refractivity contribution is 0.102. The molecule has 0 saturated heterocycles. The van der Waals surface area contributed by atoms with E-state index in [4.69, 9.17) is 10.5 Å². The predicted octanol–water partition coefficient (Wildman–Crippen LogP) is 3.44. The van der Waals surface area contributed by atoms with Gasteiger partial charge < -0.3 is 15.8 Å². The molecule has 2 rings (SSSR count). The fourth-order valence-corrected chi connectivity index (χ4v) is 2.38. The lowest BCUT2D eigenvalue weighted by Crippen LogP contribution is -2.14. The number of anilines is 1. The number of aromatic nitrogens is 1. The van der Waals surface area contributed by atoms with Crippen molar-refractivity contribution in [3.05, 3.63) is 59.2 Å². The lowest BCUT2D eigenvalue weighted by atomic mass is 10.1. The summed E-state index contributed by atoms with van der Waals surface area (Å²) in [7, 11) is 0. The third kappa shape index (κ3) is 6.70. The van der Waals surface area contributed by atoms with Crippen molar-refractivity contribution < 1.29 is 18.3 Å². The largest absolute Gasteiger partial charge is 0.388 e. The van der Waals surface area contributed by atoms with Crippen molar-refractivity contribution in [2.24, 2.45) is 10.7 Å². The van der Waals surface area contributed by atoms with Crippen molar-refractivity contribution in [3.63, 3.8) is 0 Å². The smallest absolute Gasteiger partial charge is 0.274 e. The number of amides is 1. The number of hydrogen-bond acceptors (Lipinski definition) is 4. The Morgan fingerprint density at radius 2 is 2.11 bits per heavy atom. The quantitative estimate of drug-likeness (QED) is 0.390. The molecular weight excluding hydrogens is 366 g/mol. The minimum Gasteiger partial charge on any atom is -0.388 e. The van der Waals surface area contributed by atoms with Crippen molar-refractivity contribution in [1.82, 2.24) is 4.98 Å². The average Bonchev–Trinajstić information content (AvgIpc) is 2.66. The molecule has 3 N–H and O–H groups in total. The topological polar surface area (TPSA) is 89.6 Å². The molecule has 1 amide bonds. The highest BCUT2D eigenvalue weighted by Gasteiger charge is 2.11. The van der Waals surface area contributed by atoms with Crippen LogP contribution in [0, 0.1) is 5.82 Å². The number of benzene rings is 1. The van der Waals surface area contributed by atoms with Gasteiger partial charge >= 0.3 is 0 Å². The van der Waals surface area contributed by atoms with Gasteiger partial charge in [-0.3, -0.25) is 14.8 Å². The molecule has 150 valence electrons. The summed E-state index contributed by atoms with van der Waals surface area (Å²) in [6.07, 6.45) is 0.517. The van der Waals surface area contributed by atoms with E-state index in [9.17, 15) is 13.6 Å². The number of rotatable bonds is 9. The van der Waals surface area contributed by atoms with E-state index in [0.29, 0.717) is 48.8 Å². The van der Waals surface area contributed by atoms with Gasteiger partial charge in [-0.15, -0.1) is 0 Å². The summed E-state index contributed by atoms with van der Waals surface area (Å²) in [5.74, 6) is -0.347. The first-order chi connectivity index (χ1) is 13.4. The molecule has 1 heterocycles. The van der Waals surface area contributed by atoms with E-state index in [1.165, 1.54) is 37.4 Å². The molecule has 1 unspecified atom stereocenters. The standard InChI is InChI=1S/C20H24F2N4O2/c1-13(21)16-3-6-19(25-12-16)20(27)26-17-4-5-18(22)15(11-17)7-9-28-10-8-24-14(2)23/h3-6,11-13H,7-10H2,1-2H3,(H2,23,24)(H,26,27). The Kier molecular flexibility index (Phi) is 8.01. The highest BCUT2D eigenvalue weighted by molar-refractivity contribution is 6.02. The molecular formula is C20H24F2N4O2. The monoisotopic (exact) mass is 390 g/mol. The second-order valence-electron chi connectivity index (χ2n) is 6.24. The molecule has 6 nitrogen and oxygen atoms in total. The zero-order chi connectivity index (χ0) is 20.5. The summed E-state index contributed by atoms with van der Waals surface area (Å²) < 4.78 is 32.6. The van der Waals surface area contributed by atoms with Gasteiger partial charge in [0.25, 0.3) is 5.91 Å². The number of nitrogens with two attached hydrogens (primary N) is 1. The number of alkyl halides is 1. The van der Waals surface area contributed by atoms with Gasteiger partial charge in [0.1, 0.15) is 17.7 Å². The lowest BCUT2D eigenvalue weighted by Gasteiger charge is -2.09. The molecule has 0 aliphatic heterocycles. The van der Waals surface area contributed by atoms with E-state index in [-0.39, 0.29) is 11.5 Å². The van der Waals surface area contributed by atoms with Gasteiger partial charge in [-0.05, 0) is 50.1 Å². The van der Waals surface area contributed by atoms with Crippen molar-refractivity contribution in [2.45, 2.75) is 26.4 Å². The number of amidine groups is 1. The molecule has 8 heteroatoms. The van der Waals surface area contributed by atoms with Crippen molar-refractivity contribution in [2.75, 3.05) is 25.1 Å². The molecule has 1 aromatic heterocycles. The molecule has 0 radical (unpaired) electrons. The van der Waals surface area contributed by atoms with Crippen molar-refractivity contribution in [1.29, 1.82) is 0 Å². The number of carbonyl (C=O) groups excluding carboxylic acids is 1. The second-order valence-corrected chi connectivity index (χ2v) is 6.24. The van der Waals surface area contributed by atoms with Crippen LogP contribution in [0.1, 0.15) is 41.6 Å². The van der Waals surface area contributed by atoms with Crippen LogP contribution in [0.3, 0.4) is 0 Å². The maximum atomic E-state index is 14.0. The third-order valence-corrected chi connectivity index (χ3v) is 3.89. The average molecular weight is 390 g/mol. The zero-order valence-electron chi connectivity index (χ0n) is 15.9. The molecule has 0 aliphatic rings. The first-order valence-electron chi connectivity index (χ1n) is 8.91. The minimum atomic E-state index is -1.15. The number of pyridine rings is 1. The third-order valence-electron chi connectivity index (χ3n) is 3.89. The number of halogens is 2. The molecule has 0 spiro atoms. The first kappa shape index (κ1) is 21.4. The van der Waals surface area contributed by atoms with Crippen LogP contribution in [0.25, 0.3) is 0 Å². The van der Waals surface area contributed by atoms with E-state index in [1.807, 2.05) is 0 Å². The minimum absolute atomic E-state index is 0.148. The Balaban J connectivity index is 1.92. The van der Waals surface area contributed by atoms with Gasteiger partial charge in [-0.1, -0.05) is 6.07 Å². The van der Waals surface area contributed by atoms with Crippen LogP contribution in [-0.2, 0) is 11.2 Å². The van der Waals surface area contributed by atoms with Crippen molar-refractivity contribution >= 4 is 17.4 Å². The van der Waals surface area contributed by atoms with E-state index >= 15 is 0 Å². The molecule has 1 aromatic carbocycles. The maximum absolute atomic E-state index is 14.0. The number of aliphatic imine (C=N–C) groups is 1. The maximum Gasteiger partial charge on any atom is 0.274 e. The Hall–Kier alpha value is -2.87. The van der Waals surface area contributed by atoms with Gasteiger partial charge in [0.2, 0.25) is 0 Å². The van der Waals surface area contributed by atoms with Crippen LogP contribution in [0.4, 0.5) is 14.5 Å². The molecule has 28 heavy (non-hydrogen) atoms. The number of nitrogens with one attached hydrogen (secondary N) is 1. The summed E-state index contributed by atoms with van der Waals surface area (Å²) >= 11 is 0. The molecule has 0 bridgehead atoms. The Morgan fingerprint density at radius 1 is 1.32 bits per heavy atom. The predicted molar refractivity (Wildman–Crippen MR) is 105 cm³/mol. The van der Waals surface area contributed by atoms with Crippen LogP contribution in [0.15, 0.2) is 41.5 Å². The molecule has 1 atom stereocenters. The summed E-state index contributed by atoms with van der Waals surface area (Å²) in [6.45, 7) is 4.26. The van der Waals surface area contributed by atoms with Gasteiger partial charge in [0.15, 0.2) is 0 Å². The fourth-order valence-electron chi connectivity index (χ4n) is 2.38. The van der Waals surface area contributed by atoms with E-state index < -0.39 is 12.1 Å². The molecule has 0 saturated carbocycles. The number of carbonyl (C=O) groups is 1. The highest BCUT2D eigenvalue weighted by Crippen LogP contribution is 2.18. The molecule has 0 fully saturated rings. The first-order valence-corrected chi connectivity index (χ1v) is 8.91. The van der Waals surface area contributed by atoms with E-state index in [1.54, 1.807) is 13.0 Å². The van der Waals surface area contributed by atoms with E-state index in [2.05, 4.69) is 15.3 Å². The Bertz CT molecular complexity index is 819. The normalized spacial score (nSPS) is 12.6. The number of ether oxygens (including phenoxy) is 1. The van der Waals surface area contributed by atoms with Gasteiger partial charge in [-0.2, -0.15) is 0 Å². The van der Waals surface area contributed by atoms with E-state index in [0.717, 1.165) is 0 Å². The Morgan fingerprint density at radius 3 is 2.75 bits per heavy atom. The van der Waals surface area contributed by atoms with Crippen molar-refractivity contribution in [3.8, 4) is 0 Å². The second kappa shape index (κ2) is 10.5. The summed E-state index contributed by atoms with van der Waals surface area (Å²) in [5, 5.41) is 2.66. The Labute approximate surface area is 162 Å². The fraction of sp³-hybridized carbons (Fsp3) is 0.350. The zero-order valence-corrected chi connectivity index (χ0v) is 15.9. The SMILES string of the molecule is CC(N)=NCCOCCc1cc(NC(=O)c2ccc(C(C)F)cn2)ccc1F. The summed E-state index contributed by atoms with van der Waals surface area (Å²) in [6, 6.07) is 7.26. The van der Waals surface area contributed by atoms with Crippen LogP contribution >= 0.6 is 0 Å². The van der Waals surface area contributed by atoms with Gasteiger partial charge in [0.05, 0.1) is 25.6 Å².